The number of fused-ring (bicyclic) bond motifs is 1. The molecule has 2 N–H and O–H groups in total. The lowest BCUT2D eigenvalue weighted by Crippen LogP contribution is -2.02. The van der Waals surface area contributed by atoms with E-state index in [0.717, 1.165) is 0 Å². The Morgan fingerprint density at radius 2 is 1.90 bits per heavy atom. The molecular formula is C14H10F3N3S. The maximum Gasteiger partial charge on any atom is 0.288 e. The maximum atomic E-state index is 13.2. The lowest BCUT2D eigenvalue weighted by molar-refractivity contribution is 0.252. The highest BCUT2D eigenvalue weighted by molar-refractivity contribution is 7.99. The van der Waals surface area contributed by atoms with Crippen LogP contribution in [0.4, 0.5) is 19.1 Å². The van der Waals surface area contributed by atoms with Crippen LogP contribution in [0.2, 0.25) is 0 Å². The molecule has 0 saturated heterocycles. The molecule has 0 unspecified atom stereocenters. The van der Waals surface area contributed by atoms with E-state index in [0.29, 0.717) is 33.4 Å². The Labute approximate surface area is 122 Å². The summed E-state index contributed by atoms with van der Waals surface area (Å²) in [5, 5.41) is 0. The van der Waals surface area contributed by atoms with Gasteiger partial charge in [-0.3, -0.25) is 4.57 Å². The van der Waals surface area contributed by atoms with Gasteiger partial charge >= 0.3 is 0 Å². The molecular weight excluding hydrogens is 299 g/mol. The van der Waals surface area contributed by atoms with Crippen LogP contribution in [0.15, 0.2) is 47.4 Å². The number of thioether (sulfide) groups is 1. The highest BCUT2D eigenvalue weighted by atomic mass is 32.2. The van der Waals surface area contributed by atoms with Crippen LogP contribution in [-0.2, 0) is 0 Å². The normalized spacial score (nSPS) is 11.4. The van der Waals surface area contributed by atoms with Crippen molar-refractivity contribution in [3.8, 4) is 5.69 Å². The monoisotopic (exact) mass is 309 g/mol. The zero-order chi connectivity index (χ0) is 15.0. The first kappa shape index (κ1) is 13.8. The van der Waals surface area contributed by atoms with E-state index in [9.17, 15) is 13.2 Å². The molecule has 1 heterocycles. The smallest absolute Gasteiger partial charge is 0.288 e. The number of aromatic nitrogens is 2. The fourth-order valence-corrected chi connectivity index (χ4v) is 2.79. The predicted octanol–water partition coefficient (Wildman–Crippen LogP) is 4.06. The highest BCUT2D eigenvalue weighted by Gasteiger charge is 2.16. The molecule has 0 aliphatic rings. The van der Waals surface area contributed by atoms with Crippen LogP contribution in [0.5, 0.6) is 0 Å². The van der Waals surface area contributed by atoms with E-state index in [1.807, 2.05) is 0 Å². The van der Waals surface area contributed by atoms with Gasteiger partial charge < -0.3 is 5.73 Å². The molecule has 2 aromatic carbocycles. The quantitative estimate of drug-likeness (QED) is 0.742. The van der Waals surface area contributed by atoms with Gasteiger partial charge in [-0.05, 0) is 24.3 Å². The molecule has 0 aliphatic heterocycles. The molecule has 1 aromatic heterocycles. The number of halogens is 3. The lowest BCUT2D eigenvalue weighted by atomic mass is 10.2. The summed E-state index contributed by atoms with van der Waals surface area (Å²) >= 11 is 0.432. The van der Waals surface area contributed by atoms with Crippen molar-refractivity contribution in [3.63, 3.8) is 0 Å². The summed E-state index contributed by atoms with van der Waals surface area (Å²) in [5.74, 6) is -2.85. The van der Waals surface area contributed by atoms with E-state index in [4.69, 9.17) is 5.73 Å². The fourth-order valence-electron chi connectivity index (χ4n) is 2.16. The molecule has 0 atom stereocenters. The van der Waals surface area contributed by atoms with Crippen LogP contribution in [0.25, 0.3) is 16.7 Å². The average molecular weight is 309 g/mol. The van der Waals surface area contributed by atoms with Gasteiger partial charge in [0.2, 0.25) is 5.95 Å². The molecule has 0 saturated carbocycles. The Morgan fingerprint density at radius 1 is 1.14 bits per heavy atom. The number of benzene rings is 2. The topological polar surface area (TPSA) is 43.8 Å². The Morgan fingerprint density at radius 3 is 2.67 bits per heavy atom. The zero-order valence-corrected chi connectivity index (χ0v) is 11.4. The molecule has 3 rings (SSSR count). The summed E-state index contributed by atoms with van der Waals surface area (Å²) in [4.78, 5) is 4.45. The summed E-state index contributed by atoms with van der Waals surface area (Å²) in [6.45, 7) is 0. The first-order valence-electron chi connectivity index (χ1n) is 6.04. The maximum absolute atomic E-state index is 13.2. The first-order chi connectivity index (χ1) is 10.1. The first-order valence-corrected chi connectivity index (χ1v) is 6.92. The van der Waals surface area contributed by atoms with Gasteiger partial charge in [-0.25, -0.2) is 9.37 Å². The van der Waals surface area contributed by atoms with E-state index >= 15 is 0 Å². The Hall–Kier alpha value is -2.15. The van der Waals surface area contributed by atoms with Crippen LogP contribution >= 0.6 is 11.8 Å². The van der Waals surface area contributed by atoms with E-state index in [1.165, 1.54) is 18.2 Å². The average Bonchev–Trinajstić information content (AvgIpc) is 2.74. The summed E-state index contributed by atoms with van der Waals surface area (Å²) in [6, 6.07) is 10.7. The van der Waals surface area contributed by atoms with Crippen LogP contribution in [0, 0.1) is 5.82 Å². The summed E-state index contributed by atoms with van der Waals surface area (Å²) in [6.07, 6.45) is 0. The Kier molecular flexibility index (Phi) is 3.50. The van der Waals surface area contributed by atoms with E-state index in [2.05, 4.69) is 4.98 Å². The predicted molar refractivity (Wildman–Crippen MR) is 77.3 cm³/mol. The molecule has 0 spiro atoms. The number of rotatable bonds is 3. The largest absolute Gasteiger partial charge is 0.369 e. The molecule has 108 valence electrons. The van der Waals surface area contributed by atoms with Crippen molar-refractivity contribution in [1.82, 2.24) is 9.55 Å². The Balaban J connectivity index is 2.23. The van der Waals surface area contributed by atoms with Crippen molar-refractivity contribution in [3.05, 3.63) is 48.3 Å². The number of alkyl halides is 2. The molecule has 0 bridgehead atoms. The zero-order valence-electron chi connectivity index (χ0n) is 10.6. The number of hydrogen-bond donors (Lipinski definition) is 1. The van der Waals surface area contributed by atoms with E-state index in [1.54, 1.807) is 28.8 Å². The third-order valence-corrected chi connectivity index (χ3v) is 3.74. The number of imidazole rings is 1. The summed E-state index contributed by atoms with van der Waals surface area (Å²) < 4.78 is 40.1. The molecule has 3 aromatic rings. The minimum atomic E-state index is -2.54. The molecule has 21 heavy (non-hydrogen) atoms. The van der Waals surface area contributed by atoms with Gasteiger partial charge in [0.15, 0.2) is 0 Å². The second-order valence-corrected chi connectivity index (χ2v) is 5.32. The van der Waals surface area contributed by atoms with Crippen LogP contribution in [0.3, 0.4) is 0 Å². The van der Waals surface area contributed by atoms with Crippen molar-refractivity contribution >= 4 is 28.7 Å². The van der Waals surface area contributed by atoms with Gasteiger partial charge in [-0.2, -0.15) is 8.78 Å². The Bertz CT molecular complexity index is 801. The number of anilines is 1. The molecule has 0 fully saturated rings. The van der Waals surface area contributed by atoms with Crippen molar-refractivity contribution in [2.24, 2.45) is 0 Å². The van der Waals surface area contributed by atoms with Crippen LogP contribution in [-0.4, -0.2) is 15.3 Å². The molecule has 0 aliphatic carbocycles. The van der Waals surface area contributed by atoms with Crippen molar-refractivity contribution in [2.75, 3.05) is 5.73 Å². The van der Waals surface area contributed by atoms with Gasteiger partial charge in [0.05, 0.1) is 16.7 Å². The van der Waals surface area contributed by atoms with Crippen LogP contribution in [0.1, 0.15) is 0 Å². The molecule has 3 nitrogen and oxygen atoms in total. The second kappa shape index (κ2) is 5.33. The van der Waals surface area contributed by atoms with Crippen molar-refractivity contribution in [2.45, 2.75) is 10.7 Å². The minimum absolute atomic E-state index is 0.123. The number of para-hydroxylation sites is 1. The summed E-state index contributed by atoms with van der Waals surface area (Å²) in [7, 11) is 0. The second-order valence-electron chi connectivity index (χ2n) is 4.28. The fraction of sp³-hybridized carbons (Fsp3) is 0.0714. The van der Waals surface area contributed by atoms with E-state index < -0.39 is 11.6 Å². The molecule has 0 radical (unpaired) electrons. The number of nitrogens with zero attached hydrogens (tertiary/aromatic N) is 2. The van der Waals surface area contributed by atoms with Gasteiger partial charge in [0.25, 0.3) is 5.76 Å². The molecule has 7 heteroatoms. The van der Waals surface area contributed by atoms with Crippen molar-refractivity contribution < 1.29 is 13.2 Å². The molecule has 0 amide bonds. The third-order valence-electron chi connectivity index (χ3n) is 2.96. The van der Waals surface area contributed by atoms with Gasteiger partial charge in [0, 0.05) is 11.0 Å². The van der Waals surface area contributed by atoms with Crippen LogP contribution < -0.4 is 5.73 Å². The van der Waals surface area contributed by atoms with Crippen molar-refractivity contribution in [1.29, 1.82) is 0 Å². The SMILES string of the molecule is Nc1nc2cc(F)ccc2n1-c1ccccc1SC(F)F. The van der Waals surface area contributed by atoms with Gasteiger partial charge in [-0.1, -0.05) is 23.9 Å². The van der Waals surface area contributed by atoms with E-state index in [-0.39, 0.29) is 5.95 Å². The highest BCUT2D eigenvalue weighted by Crippen LogP contribution is 2.33. The van der Waals surface area contributed by atoms with Gasteiger partial charge in [-0.15, -0.1) is 0 Å². The summed E-state index contributed by atoms with van der Waals surface area (Å²) in [5.41, 5.74) is 7.31. The minimum Gasteiger partial charge on any atom is -0.369 e. The number of nitrogens with two attached hydrogens (primary N) is 1. The number of nitrogen functional groups attached to an aromatic ring is 1. The lowest BCUT2D eigenvalue weighted by Gasteiger charge is -2.11. The van der Waals surface area contributed by atoms with Gasteiger partial charge in [0.1, 0.15) is 5.82 Å². The number of hydrogen-bond acceptors (Lipinski definition) is 3. The third kappa shape index (κ3) is 2.56. The standard InChI is InChI=1S/C14H10F3N3S/c15-8-5-6-10-9(7-8)19-14(18)20(10)11-3-1-2-4-12(11)21-13(16)17/h1-7,13H,(H2,18,19).